The molecule has 1 aromatic rings. The summed E-state index contributed by atoms with van der Waals surface area (Å²) in [6.07, 6.45) is 1.38. The molecule has 0 radical (unpaired) electrons. The molecule has 2 rings (SSSR count). The van der Waals surface area contributed by atoms with Crippen molar-refractivity contribution in [3.8, 4) is 0 Å². The molecule has 1 N–H and O–H groups in total. The number of rotatable bonds is 0. The normalized spacial score (nSPS) is 16.4. The zero-order chi connectivity index (χ0) is 9.26. The number of hydrogen-bond donors (Lipinski definition) is 1. The smallest absolute Gasteiger partial charge is 0.255 e. The van der Waals surface area contributed by atoms with E-state index in [4.69, 9.17) is 4.74 Å². The van der Waals surface area contributed by atoms with Crippen molar-refractivity contribution in [3.63, 3.8) is 0 Å². The van der Waals surface area contributed by atoms with Gasteiger partial charge in [0.1, 0.15) is 0 Å². The van der Waals surface area contributed by atoms with Gasteiger partial charge in [-0.25, -0.2) is 4.98 Å². The first-order valence-corrected chi connectivity index (χ1v) is 4.92. The van der Waals surface area contributed by atoms with Crippen LogP contribution in [0.5, 0.6) is 0 Å². The molecule has 0 unspecified atom stereocenters. The number of aromatic amines is 1. The molecule has 5 heteroatoms. The van der Waals surface area contributed by atoms with E-state index >= 15 is 0 Å². The van der Waals surface area contributed by atoms with Gasteiger partial charge >= 0.3 is 0 Å². The number of nitrogens with zero attached hydrogens (tertiary/aromatic N) is 1. The quantitative estimate of drug-likeness (QED) is 0.682. The lowest BCUT2D eigenvalue weighted by atomic mass is 10.1. The van der Waals surface area contributed by atoms with Gasteiger partial charge in [0.2, 0.25) is 0 Å². The van der Waals surface area contributed by atoms with E-state index in [0.717, 1.165) is 17.7 Å². The Morgan fingerprint density at radius 3 is 3.00 bits per heavy atom. The molecule has 0 saturated heterocycles. The minimum atomic E-state index is -0.0534. The van der Waals surface area contributed by atoms with Crippen LogP contribution < -0.4 is 5.56 Å². The van der Waals surface area contributed by atoms with Crippen molar-refractivity contribution in [2.45, 2.75) is 12.8 Å². The van der Waals surface area contributed by atoms with Gasteiger partial charge in [0.15, 0.2) is 4.73 Å². The molecule has 0 amide bonds. The molecule has 4 nitrogen and oxygen atoms in total. The SMILES string of the molecule is O=c1[nH]c(Br)nc2c1CCOCC2. The van der Waals surface area contributed by atoms with Crippen molar-refractivity contribution in [2.24, 2.45) is 0 Å². The van der Waals surface area contributed by atoms with Crippen LogP contribution in [0.1, 0.15) is 11.3 Å². The molecule has 0 spiro atoms. The van der Waals surface area contributed by atoms with Gasteiger partial charge in [0.25, 0.3) is 5.56 Å². The highest BCUT2D eigenvalue weighted by atomic mass is 79.9. The molecule has 1 aliphatic rings. The standard InChI is InChI=1S/C8H9BrN2O2/c9-8-10-6-2-4-13-3-1-5(6)7(12)11-8/h1-4H2,(H,10,11,12). The van der Waals surface area contributed by atoms with Crippen LogP contribution in [0.25, 0.3) is 0 Å². The molecular formula is C8H9BrN2O2. The molecule has 0 aliphatic carbocycles. The summed E-state index contributed by atoms with van der Waals surface area (Å²) in [5.41, 5.74) is 1.57. The van der Waals surface area contributed by atoms with E-state index in [1.807, 2.05) is 0 Å². The van der Waals surface area contributed by atoms with Gasteiger partial charge in [0.05, 0.1) is 18.9 Å². The zero-order valence-corrected chi connectivity index (χ0v) is 8.56. The minimum Gasteiger partial charge on any atom is -0.381 e. The topological polar surface area (TPSA) is 55.0 Å². The van der Waals surface area contributed by atoms with Gasteiger partial charge in [-0.2, -0.15) is 0 Å². The average molecular weight is 245 g/mol. The predicted octanol–water partition coefficient (Wildman–Crippen LogP) is 0.648. The second-order valence-electron chi connectivity index (χ2n) is 2.89. The van der Waals surface area contributed by atoms with Crippen LogP contribution in [0.2, 0.25) is 0 Å². The highest BCUT2D eigenvalue weighted by molar-refractivity contribution is 9.10. The highest BCUT2D eigenvalue weighted by Crippen LogP contribution is 2.09. The Morgan fingerprint density at radius 2 is 2.15 bits per heavy atom. The lowest BCUT2D eigenvalue weighted by Crippen LogP contribution is -2.17. The van der Waals surface area contributed by atoms with Gasteiger partial charge in [0, 0.05) is 18.4 Å². The zero-order valence-electron chi connectivity index (χ0n) is 6.97. The van der Waals surface area contributed by atoms with Crippen molar-refractivity contribution in [3.05, 3.63) is 26.3 Å². The van der Waals surface area contributed by atoms with Crippen LogP contribution in [0.15, 0.2) is 9.53 Å². The van der Waals surface area contributed by atoms with Gasteiger partial charge in [-0.15, -0.1) is 0 Å². The van der Waals surface area contributed by atoms with Crippen molar-refractivity contribution >= 4 is 15.9 Å². The van der Waals surface area contributed by atoms with E-state index in [1.54, 1.807) is 0 Å². The molecule has 1 aromatic heterocycles. The fourth-order valence-corrected chi connectivity index (χ4v) is 1.82. The fourth-order valence-electron chi connectivity index (χ4n) is 1.42. The Hall–Kier alpha value is -0.680. The largest absolute Gasteiger partial charge is 0.381 e. The van der Waals surface area contributed by atoms with Crippen LogP contribution >= 0.6 is 15.9 Å². The summed E-state index contributed by atoms with van der Waals surface area (Å²) >= 11 is 3.16. The van der Waals surface area contributed by atoms with Crippen LogP contribution in [-0.4, -0.2) is 23.2 Å². The van der Waals surface area contributed by atoms with Crippen molar-refractivity contribution in [1.29, 1.82) is 0 Å². The fraction of sp³-hybridized carbons (Fsp3) is 0.500. The van der Waals surface area contributed by atoms with Crippen LogP contribution in [0.3, 0.4) is 0 Å². The van der Waals surface area contributed by atoms with E-state index in [9.17, 15) is 4.79 Å². The van der Waals surface area contributed by atoms with Crippen molar-refractivity contribution < 1.29 is 4.74 Å². The van der Waals surface area contributed by atoms with E-state index in [0.29, 0.717) is 24.4 Å². The summed E-state index contributed by atoms with van der Waals surface area (Å²) in [7, 11) is 0. The maximum Gasteiger partial charge on any atom is 0.255 e. The molecule has 0 bridgehead atoms. The number of hydrogen-bond acceptors (Lipinski definition) is 3. The first-order valence-electron chi connectivity index (χ1n) is 4.12. The number of ether oxygens (including phenoxy) is 1. The third-order valence-electron chi connectivity index (χ3n) is 2.05. The van der Waals surface area contributed by atoms with Gasteiger partial charge in [-0.3, -0.25) is 4.79 Å². The van der Waals surface area contributed by atoms with E-state index in [1.165, 1.54) is 0 Å². The maximum atomic E-state index is 11.5. The van der Waals surface area contributed by atoms with Crippen molar-refractivity contribution in [2.75, 3.05) is 13.2 Å². The van der Waals surface area contributed by atoms with Gasteiger partial charge in [-0.05, 0) is 15.9 Å². The summed E-state index contributed by atoms with van der Waals surface area (Å²) < 4.78 is 5.76. The lowest BCUT2D eigenvalue weighted by molar-refractivity contribution is 0.146. The highest BCUT2D eigenvalue weighted by Gasteiger charge is 2.13. The molecule has 70 valence electrons. The average Bonchev–Trinajstić information content (AvgIpc) is 2.28. The summed E-state index contributed by atoms with van der Waals surface area (Å²) in [5.74, 6) is 0. The Labute approximate surface area is 83.5 Å². The van der Waals surface area contributed by atoms with Gasteiger partial charge < -0.3 is 9.72 Å². The third kappa shape index (κ3) is 1.81. The van der Waals surface area contributed by atoms with E-state index < -0.39 is 0 Å². The Bertz CT molecular complexity index is 375. The van der Waals surface area contributed by atoms with Gasteiger partial charge in [-0.1, -0.05) is 0 Å². The van der Waals surface area contributed by atoms with Crippen LogP contribution in [0.4, 0.5) is 0 Å². The second kappa shape index (κ2) is 3.59. The van der Waals surface area contributed by atoms with Crippen LogP contribution in [-0.2, 0) is 17.6 Å². The molecule has 2 heterocycles. The third-order valence-corrected chi connectivity index (χ3v) is 2.43. The molecule has 0 saturated carbocycles. The molecular weight excluding hydrogens is 236 g/mol. The van der Waals surface area contributed by atoms with E-state index in [2.05, 4.69) is 25.9 Å². The molecule has 0 fully saturated rings. The predicted molar refractivity (Wildman–Crippen MR) is 50.8 cm³/mol. The maximum absolute atomic E-state index is 11.5. The number of H-pyrrole nitrogens is 1. The number of halogens is 1. The Morgan fingerprint density at radius 1 is 1.38 bits per heavy atom. The summed E-state index contributed by atoms with van der Waals surface area (Å²) in [6, 6.07) is 0. The number of nitrogens with one attached hydrogen (secondary N) is 1. The number of fused-ring (bicyclic) bond motifs is 1. The molecule has 0 aromatic carbocycles. The molecule has 0 atom stereocenters. The minimum absolute atomic E-state index is 0.0534. The first-order chi connectivity index (χ1) is 6.27. The monoisotopic (exact) mass is 244 g/mol. The summed E-state index contributed by atoms with van der Waals surface area (Å²) in [4.78, 5) is 18.3. The second-order valence-corrected chi connectivity index (χ2v) is 3.65. The van der Waals surface area contributed by atoms with E-state index in [-0.39, 0.29) is 5.56 Å². The lowest BCUT2D eigenvalue weighted by Gasteiger charge is -2.01. The first kappa shape index (κ1) is 8.90. The summed E-state index contributed by atoms with van der Waals surface area (Å²) in [6.45, 7) is 1.26. The summed E-state index contributed by atoms with van der Waals surface area (Å²) in [5, 5.41) is 0. The van der Waals surface area contributed by atoms with Crippen LogP contribution in [0, 0.1) is 0 Å². The Balaban J connectivity index is 2.53. The Kier molecular flexibility index (Phi) is 2.46. The van der Waals surface area contributed by atoms with Crippen molar-refractivity contribution in [1.82, 2.24) is 9.97 Å². The molecule has 13 heavy (non-hydrogen) atoms. The number of aromatic nitrogens is 2. The molecule has 1 aliphatic heterocycles.